The molecule has 2 aromatic heterocycles. The van der Waals surface area contributed by atoms with E-state index in [0.717, 1.165) is 11.4 Å². The van der Waals surface area contributed by atoms with Gasteiger partial charge in [-0.2, -0.15) is 0 Å². The van der Waals surface area contributed by atoms with Gasteiger partial charge in [0.05, 0.1) is 11.6 Å². The lowest BCUT2D eigenvalue weighted by Gasteiger charge is -2.14. The molecular weight excluding hydrogens is 258 g/mol. The van der Waals surface area contributed by atoms with Crippen LogP contribution >= 0.6 is 22.9 Å². The minimum absolute atomic E-state index is 0.0792. The number of halogens is 1. The van der Waals surface area contributed by atoms with E-state index in [1.54, 1.807) is 24.3 Å². The van der Waals surface area contributed by atoms with Crippen molar-refractivity contribution >= 4 is 28.8 Å². The molecule has 0 saturated carbocycles. The van der Waals surface area contributed by atoms with Crippen LogP contribution in [0.25, 0.3) is 0 Å². The lowest BCUT2D eigenvalue weighted by molar-refractivity contribution is 0.0787. The quantitative estimate of drug-likeness (QED) is 0.931. The fourth-order valence-electron chi connectivity index (χ4n) is 1.43. The largest absolute Gasteiger partial charge is 0.347 e. The molecule has 1 amide bonds. The molecule has 2 rings (SSSR count). The number of aryl methyl sites for hydroxylation is 1. The van der Waals surface area contributed by atoms with Crippen molar-refractivity contribution in [1.82, 2.24) is 14.9 Å². The zero-order valence-electron chi connectivity index (χ0n) is 9.53. The van der Waals surface area contributed by atoms with Crippen molar-refractivity contribution in [3.63, 3.8) is 0 Å². The first-order valence-electron chi connectivity index (χ1n) is 5.07. The highest BCUT2D eigenvalue weighted by Crippen LogP contribution is 2.28. The second-order valence-corrected chi connectivity index (χ2v) is 5.02. The summed E-state index contributed by atoms with van der Waals surface area (Å²) >= 11 is 7.44. The third-order valence-corrected chi connectivity index (χ3v) is 4.07. The van der Waals surface area contributed by atoms with E-state index in [0.29, 0.717) is 16.4 Å². The van der Waals surface area contributed by atoms with Crippen LogP contribution in [-0.2, 0) is 6.54 Å². The topological polar surface area (TPSA) is 49.0 Å². The number of carbonyl (C=O) groups is 1. The number of H-pyrrole nitrogens is 1. The zero-order valence-corrected chi connectivity index (χ0v) is 11.1. The molecule has 0 saturated heterocycles. The smallest absolute Gasteiger partial charge is 0.265 e. The molecule has 0 aliphatic rings. The van der Waals surface area contributed by atoms with Crippen LogP contribution in [0.15, 0.2) is 17.8 Å². The average Bonchev–Trinajstić information content (AvgIpc) is 2.90. The van der Waals surface area contributed by atoms with E-state index < -0.39 is 0 Å². The van der Waals surface area contributed by atoms with Crippen LogP contribution < -0.4 is 0 Å². The van der Waals surface area contributed by atoms with E-state index in [1.807, 2.05) is 12.3 Å². The van der Waals surface area contributed by atoms with Gasteiger partial charge in [-0.25, -0.2) is 4.98 Å². The van der Waals surface area contributed by atoms with Crippen molar-refractivity contribution < 1.29 is 4.79 Å². The first kappa shape index (κ1) is 12.1. The Morgan fingerprint density at radius 1 is 1.65 bits per heavy atom. The number of aromatic nitrogens is 2. The molecule has 2 heterocycles. The van der Waals surface area contributed by atoms with Gasteiger partial charge in [0, 0.05) is 19.4 Å². The van der Waals surface area contributed by atoms with E-state index in [9.17, 15) is 4.79 Å². The Balaban J connectivity index is 2.12. The van der Waals surface area contributed by atoms with Gasteiger partial charge in [0.15, 0.2) is 0 Å². The number of hydrogen-bond acceptors (Lipinski definition) is 3. The van der Waals surface area contributed by atoms with Gasteiger partial charge in [-0.05, 0) is 17.9 Å². The number of nitrogens with zero attached hydrogens (tertiary/aromatic N) is 2. The van der Waals surface area contributed by atoms with Gasteiger partial charge in [-0.3, -0.25) is 4.79 Å². The fraction of sp³-hybridized carbons (Fsp3) is 0.273. The standard InChI is InChI=1S/C11H12ClN3OS/c1-7-6-17-10(9(7)12)11(16)15(2)5-8-13-3-4-14-8/h3-4,6H,5H2,1-2H3,(H,13,14). The Morgan fingerprint density at radius 2 is 2.41 bits per heavy atom. The Labute approximate surface area is 108 Å². The van der Waals surface area contributed by atoms with Crippen molar-refractivity contribution in [2.75, 3.05) is 7.05 Å². The van der Waals surface area contributed by atoms with E-state index >= 15 is 0 Å². The molecule has 90 valence electrons. The number of imidazole rings is 1. The molecule has 0 spiro atoms. The second kappa shape index (κ2) is 4.89. The first-order chi connectivity index (χ1) is 8.09. The second-order valence-electron chi connectivity index (χ2n) is 3.76. The average molecular weight is 270 g/mol. The number of carbonyl (C=O) groups excluding carboxylic acids is 1. The maximum atomic E-state index is 12.1. The van der Waals surface area contributed by atoms with Crippen molar-refractivity contribution in [2.45, 2.75) is 13.5 Å². The SMILES string of the molecule is Cc1csc(C(=O)N(C)Cc2ncc[nH]2)c1Cl. The Kier molecular flexibility index (Phi) is 3.49. The highest BCUT2D eigenvalue weighted by atomic mass is 35.5. The van der Waals surface area contributed by atoms with Crippen LogP contribution in [0.2, 0.25) is 5.02 Å². The number of thiophene rings is 1. The van der Waals surface area contributed by atoms with Crippen LogP contribution in [0.5, 0.6) is 0 Å². The highest BCUT2D eigenvalue weighted by Gasteiger charge is 2.19. The predicted molar refractivity (Wildman–Crippen MR) is 68.5 cm³/mol. The van der Waals surface area contributed by atoms with Crippen LogP contribution in [0.4, 0.5) is 0 Å². The third kappa shape index (κ3) is 2.50. The van der Waals surface area contributed by atoms with Gasteiger partial charge in [0.1, 0.15) is 10.7 Å². The third-order valence-electron chi connectivity index (χ3n) is 2.38. The summed E-state index contributed by atoms with van der Waals surface area (Å²) in [6.45, 7) is 2.33. The van der Waals surface area contributed by atoms with Gasteiger partial charge in [-0.15, -0.1) is 11.3 Å². The lowest BCUT2D eigenvalue weighted by atomic mass is 10.3. The van der Waals surface area contributed by atoms with E-state index in [1.165, 1.54) is 11.3 Å². The summed E-state index contributed by atoms with van der Waals surface area (Å²) in [7, 11) is 1.73. The van der Waals surface area contributed by atoms with Crippen LogP contribution in [-0.4, -0.2) is 27.8 Å². The highest BCUT2D eigenvalue weighted by molar-refractivity contribution is 7.13. The molecule has 0 radical (unpaired) electrons. The molecule has 0 bridgehead atoms. The first-order valence-corrected chi connectivity index (χ1v) is 6.32. The summed E-state index contributed by atoms with van der Waals surface area (Å²) in [5.41, 5.74) is 0.936. The van der Waals surface area contributed by atoms with Crippen molar-refractivity contribution in [3.05, 3.63) is 39.1 Å². The minimum atomic E-state index is -0.0792. The summed E-state index contributed by atoms with van der Waals surface area (Å²) in [6.07, 6.45) is 3.39. The monoisotopic (exact) mass is 269 g/mol. The molecule has 6 heteroatoms. The minimum Gasteiger partial charge on any atom is -0.347 e. The van der Waals surface area contributed by atoms with Crippen molar-refractivity contribution in [2.24, 2.45) is 0 Å². The maximum Gasteiger partial charge on any atom is 0.265 e. The summed E-state index contributed by atoms with van der Waals surface area (Å²) in [5.74, 6) is 0.676. The number of amides is 1. The van der Waals surface area contributed by atoms with Crippen LogP contribution in [0.1, 0.15) is 21.1 Å². The molecule has 4 nitrogen and oxygen atoms in total. The molecule has 0 aliphatic heterocycles. The van der Waals surface area contributed by atoms with Crippen molar-refractivity contribution in [3.8, 4) is 0 Å². The van der Waals surface area contributed by atoms with Gasteiger partial charge in [0.2, 0.25) is 0 Å². The van der Waals surface area contributed by atoms with Gasteiger partial charge >= 0.3 is 0 Å². The van der Waals surface area contributed by atoms with Gasteiger partial charge < -0.3 is 9.88 Å². The molecule has 1 N–H and O–H groups in total. The summed E-state index contributed by atoms with van der Waals surface area (Å²) in [6, 6.07) is 0. The number of hydrogen-bond donors (Lipinski definition) is 1. The van der Waals surface area contributed by atoms with Crippen LogP contribution in [0.3, 0.4) is 0 Å². The van der Waals surface area contributed by atoms with E-state index in [2.05, 4.69) is 9.97 Å². The van der Waals surface area contributed by atoms with E-state index in [-0.39, 0.29) is 5.91 Å². The summed E-state index contributed by atoms with van der Waals surface area (Å²) < 4.78 is 0. The molecule has 0 unspecified atom stereocenters. The maximum absolute atomic E-state index is 12.1. The molecule has 0 aromatic carbocycles. The molecule has 17 heavy (non-hydrogen) atoms. The lowest BCUT2D eigenvalue weighted by Crippen LogP contribution is -2.26. The van der Waals surface area contributed by atoms with Gasteiger partial charge in [0.25, 0.3) is 5.91 Å². The molecule has 0 aliphatic carbocycles. The number of nitrogens with one attached hydrogen (secondary N) is 1. The summed E-state index contributed by atoms with van der Waals surface area (Å²) in [5, 5.41) is 2.43. The fourth-order valence-corrected chi connectivity index (χ4v) is 2.70. The molecule has 0 fully saturated rings. The van der Waals surface area contributed by atoms with Gasteiger partial charge in [-0.1, -0.05) is 11.6 Å². The summed E-state index contributed by atoms with van der Waals surface area (Å²) in [4.78, 5) is 21.3. The van der Waals surface area contributed by atoms with Crippen LogP contribution in [0, 0.1) is 6.92 Å². The zero-order chi connectivity index (χ0) is 12.4. The Bertz CT molecular complexity index is 521. The normalized spacial score (nSPS) is 10.5. The Morgan fingerprint density at radius 3 is 2.94 bits per heavy atom. The number of rotatable bonds is 3. The molecular formula is C11H12ClN3OS. The number of aromatic amines is 1. The molecule has 0 atom stereocenters. The van der Waals surface area contributed by atoms with E-state index in [4.69, 9.17) is 11.6 Å². The molecule has 2 aromatic rings. The van der Waals surface area contributed by atoms with Crippen molar-refractivity contribution in [1.29, 1.82) is 0 Å². The Hall–Kier alpha value is -1.33. The predicted octanol–water partition coefficient (Wildman–Crippen LogP) is 2.71.